The van der Waals surface area contributed by atoms with E-state index >= 15 is 0 Å². The van der Waals surface area contributed by atoms with E-state index in [0.29, 0.717) is 11.2 Å². The highest BCUT2D eigenvalue weighted by molar-refractivity contribution is 5.76. The summed E-state index contributed by atoms with van der Waals surface area (Å²) < 4.78 is 0. The quantitative estimate of drug-likeness (QED) is 0.664. The molecule has 17 heavy (non-hydrogen) atoms. The highest BCUT2D eigenvalue weighted by Gasteiger charge is 2.65. The zero-order valence-electron chi connectivity index (χ0n) is 11.1. The molecule has 0 radical (unpaired) electrons. The summed E-state index contributed by atoms with van der Waals surface area (Å²) in [5.41, 5.74) is 0.377. The summed E-state index contributed by atoms with van der Waals surface area (Å²) in [6.45, 7) is 4.21. The van der Waals surface area contributed by atoms with Gasteiger partial charge in [0.05, 0.1) is 0 Å². The molecule has 4 aliphatic carbocycles. The third-order valence-corrected chi connectivity index (χ3v) is 6.89. The van der Waals surface area contributed by atoms with E-state index in [0.717, 1.165) is 41.9 Å². The maximum absolute atomic E-state index is 11.5. The van der Waals surface area contributed by atoms with Crippen LogP contribution in [0, 0.1) is 40.9 Å². The van der Waals surface area contributed by atoms with Crippen LogP contribution < -0.4 is 0 Å². The van der Waals surface area contributed by atoms with Gasteiger partial charge in [-0.3, -0.25) is 0 Å². The lowest BCUT2D eigenvalue weighted by Crippen LogP contribution is -2.39. The maximum atomic E-state index is 11.5. The molecule has 0 aromatic rings. The van der Waals surface area contributed by atoms with E-state index in [1.807, 2.05) is 0 Å². The molecule has 4 bridgehead atoms. The maximum Gasteiger partial charge on any atom is 0.130 e. The number of rotatable bonds is 2. The first-order chi connectivity index (χ1) is 8.08. The highest BCUT2D eigenvalue weighted by Crippen LogP contribution is 2.72. The summed E-state index contributed by atoms with van der Waals surface area (Å²) in [7, 11) is 0. The normalized spacial score (nSPS) is 58.7. The van der Waals surface area contributed by atoms with Crippen molar-refractivity contribution in [3.63, 3.8) is 0 Å². The van der Waals surface area contributed by atoms with Crippen LogP contribution in [0.5, 0.6) is 0 Å². The minimum Gasteiger partial charge on any atom is -0.300 e. The minimum absolute atomic E-state index is 0.377. The molecular weight excluding hydrogens is 208 g/mol. The molecule has 94 valence electrons. The molecule has 0 heterocycles. The molecule has 4 fully saturated rings. The first-order valence-corrected chi connectivity index (χ1v) is 7.58. The molecule has 0 aromatic carbocycles. The largest absolute Gasteiger partial charge is 0.300 e. The van der Waals surface area contributed by atoms with Crippen LogP contribution >= 0.6 is 0 Å². The average molecular weight is 232 g/mol. The molecule has 7 atom stereocenters. The van der Waals surface area contributed by atoms with Gasteiger partial charge in [0.25, 0.3) is 0 Å². The number of fused-ring (bicyclic) bond motifs is 9. The lowest BCUT2D eigenvalue weighted by molar-refractivity contribution is -0.120. The van der Waals surface area contributed by atoms with Crippen molar-refractivity contribution in [2.45, 2.75) is 52.4 Å². The molecule has 0 aliphatic heterocycles. The van der Waals surface area contributed by atoms with Gasteiger partial charge in [-0.2, -0.15) is 0 Å². The van der Waals surface area contributed by atoms with Crippen molar-refractivity contribution >= 4 is 5.78 Å². The van der Waals surface area contributed by atoms with Crippen LogP contribution in [-0.2, 0) is 4.79 Å². The van der Waals surface area contributed by atoms with Crippen molar-refractivity contribution in [2.24, 2.45) is 40.9 Å². The third kappa shape index (κ3) is 1.24. The topological polar surface area (TPSA) is 17.1 Å². The zero-order chi connectivity index (χ0) is 11.8. The molecule has 0 spiro atoms. The minimum atomic E-state index is 0.377. The van der Waals surface area contributed by atoms with Gasteiger partial charge in [-0.25, -0.2) is 0 Å². The van der Waals surface area contributed by atoms with E-state index in [2.05, 4.69) is 6.92 Å². The second-order valence-electron chi connectivity index (χ2n) is 7.83. The molecule has 1 nitrogen and oxygen atoms in total. The van der Waals surface area contributed by atoms with E-state index in [4.69, 9.17) is 0 Å². The molecule has 0 amide bonds. The lowest BCUT2D eigenvalue weighted by atomic mass is 9.60. The number of carbonyl (C=O) groups excluding carboxylic acids is 1. The van der Waals surface area contributed by atoms with Crippen LogP contribution in [0.1, 0.15) is 52.4 Å². The molecule has 4 rings (SSSR count). The van der Waals surface area contributed by atoms with Crippen LogP contribution in [0.4, 0.5) is 0 Å². The molecule has 0 N–H and O–H groups in total. The van der Waals surface area contributed by atoms with Crippen LogP contribution in [0.25, 0.3) is 0 Å². The average Bonchev–Trinajstić information content (AvgIpc) is 2.88. The Balaban J connectivity index is 1.64. The van der Waals surface area contributed by atoms with Crippen LogP contribution in [0.15, 0.2) is 0 Å². The Hall–Kier alpha value is -0.330. The van der Waals surface area contributed by atoms with Crippen LogP contribution in [-0.4, -0.2) is 5.78 Å². The Morgan fingerprint density at radius 2 is 1.82 bits per heavy atom. The van der Waals surface area contributed by atoms with Gasteiger partial charge in [0, 0.05) is 6.42 Å². The summed E-state index contributed by atoms with van der Waals surface area (Å²) in [5, 5.41) is 0. The number of ketones is 1. The summed E-state index contributed by atoms with van der Waals surface area (Å²) in [6, 6.07) is 0. The van der Waals surface area contributed by atoms with Gasteiger partial charge in [-0.1, -0.05) is 6.92 Å². The van der Waals surface area contributed by atoms with Gasteiger partial charge in [-0.05, 0) is 80.0 Å². The second kappa shape index (κ2) is 3.16. The molecule has 1 heteroatoms. The van der Waals surface area contributed by atoms with Crippen molar-refractivity contribution in [3.8, 4) is 0 Å². The number of hydrogen-bond donors (Lipinski definition) is 0. The monoisotopic (exact) mass is 232 g/mol. The molecule has 0 aromatic heterocycles. The predicted molar refractivity (Wildman–Crippen MR) is 67.4 cm³/mol. The molecular formula is C16H24O. The van der Waals surface area contributed by atoms with Crippen molar-refractivity contribution in [1.82, 2.24) is 0 Å². The molecule has 7 unspecified atom stereocenters. The Morgan fingerprint density at radius 3 is 2.53 bits per heavy atom. The fourth-order valence-electron chi connectivity index (χ4n) is 6.81. The Labute approximate surface area is 104 Å². The van der Waals surface area contributed by atoms with Gasteiger partial charge >= 0.3 is 0 Å². The zero-order valence-corrected chi connectivity index (χ0v) is 11.1. The highest BCUT2D eigenvalue weighted by atomic mass is 16.1. The summed E-state index contributed by atoms with van der Waals surface area (Å²) in [5.74, 6) is 6.55. The van der Waals surface area contributed by atoms with E-state index in [9.17, 15) is 4.79 Å². The van der Waals surface area contributed by atoms with Crippen LogP contribution in [0.2, 0.25) is 0 Å². The van der Waals surface area contributed by atoms with Gasteiger partial charge < -0.3 is 4.79 Å². The van der Waals surface area contributed by atoms with E-state index in [1.54, 1.807) is 13.3 Å². The third-order valence-electron chi connectivity index (χ3n) is 6.89. The number of Topliss-reactive ketones (excluding diaryl/α,β-unsaturated/α-hetero) is 1. The Bertz CT molecular complexity index is 374. The SMILES string of the molecule is CC(=O)CC1(C)CC2CC1C1C3CCC(C3)C21. The van der Waals surface area contributed by atoms with E-state index in [1.165, 1.54) is 25.7 Å². The lowest BCUT2D eigenvalue weighted by Gasteiger charge is -2.44. The fraction of sp³-hybridized carbons (Fsp3) is 0.938. The first kappa shape index (κ1) is 10.6. The second-order valence-corrected chi connectivity index (χ2v) is 7.83. The van der Waals surface area contributed by atoms with Gasteiger partial charge in [0.2, 0.25) is 0 Å². The predicted octanol–water partition coefficient (Wildman–Crippen LogP) is 3.67. The van der Waals surface area contributed by atoms with Gasteiger partial charge in [-0.15, -0.1) is 0 Å². The molecule has 4 aliphatic rings. The van der Waals surface area contributed by atoms with Crippen molar-refractivity contribution in [3.05, 3.63) is 0 Å². The standard InChI is InChI=1S/C16H24O/c1-9(17)7-16(2)8-12-6-13(16)15-11-4-3-10(5-11)14(12)15/h10-15H,3-8H2,1-2H3. The van der Waals surface area contributed by atoms with E-state index in [-0.39, 0.29) is 0 Å². The first-order valence-electron chi connectivity index (χ1n) is 7.58. The van der Waals surface area contributed by atoms with Gasteiger partial charge in [0.15, 0.2) is 0 Å². The number of carbonyl (C=O) groups is 1. The molecule has 4 saturated carbocycles. The molecule has 0 saturated heterocycles. The summed E-state index contributed by atoms with van der Waals surface area (Å²) in [4.78, 5) is 11.5. The van der Waals surface area contributed by atoms with Crippen molar-refractivity contribution in [1.29, 1.82) is 0 Å². The fourth-order valence-corrected chi connectivity index (χ4v) is 6.81. The number of hydrogen-bond acceptors (Lipinski definition) is 1. The van der Waals surface area contributed by atoms with Crippen LogP contribution in [0.3, 0.4) is 0 Å². The summed E-state index contributed by atoms with van der Waals surface area (Å²) >= 11 is 0. The van der Waals surface area contributed by atoms with E-state index < -0.39 is 0 Å². The summed E-state index contributed by atoms with van der Waals surface area (Å²) in [6.07, 6.45) is 8.25. The van der Waals surface area contributed by atoms with Gasteiger partial charge in [0.1, 0.15) is 5.78 Å². The van der Waals surface area contributed by atoms with Crippen molar-refractivity contribution in [2.75, 3.05) is 0 Å². The van der Waals surface area contributed by atoms with Crippen molar-refractivity contribution < 1.29 is 4.79 Å². The Morgan fingerprint density at radius 1 is 1.12 bits per heavy atom. The Kier molecular flexibility index (Phi) is 1.97. The smallest absolute Gasteiger partial charge is 0.130 e.